The molecule has 2 N–H and O–H groups in total. The predicted octanol–water partition coefficient (Wildman–Crippen LogP) is 2.09. The Kier molecular flexibility index (Phi) is 4.01. The van der Waals surface area contributed by atoms with Crippen LogP contribution in [0.1, 0.15) is 34.2 Å². The molecule has 5 nitrogen and oxygen atoms in total. The minimum Gasteiger partial charge on any atom is -0.476 e. The van der Waals surface area contributed by atoms with Gasteiger partial charge in [0, 0.05) is 24.2 Å². The highest BCUT2D eigenvalue weighted by Gasteiger charge is 2.10. The molecule has 6 heteroatoms. The van der Waals surface area contributed by atoms with Gasteiger partial charge in [0.15, 0.2) is 0 Å². The van der Waals surface area contributed by atoms with E-state index >= 15 is 0 Å². The monoisotopic (exact) mass is 263 g/mol. The molecule has 0 radical (unpaired) electrons. The number of rotatable bonds is 5. The average Bonchev–Trinajstić information content (AvgIpc) is 2.86. The van der Waals surface area contributed by atoms with Gasteiger partial charge in [0.2, 0.25) is 5.01 Å². The number of carbonyl (C=O) groups is 1. The molecular formula is C12H13N3O2S. The topological polar surface area (TPSA) is 75.1 Å². The smallest absolute Gasteiger partial charge is 0.365 e. The minimum absolute atomic E-state index is 0.0983. The number of carboxylic acid groups (broad SMARTS) is 1. The van der Waals surface area contributed by atoms with Gasteiger partial charge in [0.05, 0.1) is 11.4 Å². The van der Waals surface area contributed by atoms with E-state index in [1.165, 1.54) is 0 Å². The van der Waals surface area contributed by atoms with E-state index < -0.39 is 5.97 Å². The molecule has 0 saturated carbocycles. The highest BCUT2D eigenvalue weighted by molar-refractivity contribution is 7.11. The largest absolute Gasteiger partial charge is 0.476 e. The first-order valence-electron chi connectivity index (χ1n) is 5.49. The second kappa shape index (κ2) is 5.70. The Morgan fingerprint density at radius 2 is 2.39 bits per heavy atom. The Bertz CT molecular complexity index is 527. The van der Waals surface area contributed by atoms with Crippen molar-refractivity contribution in [3.05, 3.63) is 46.2 Å². The number of hydrogen-bond acceptors (Lipinski definition) is 5. The van der Waals surface area contributed by atoms with Crippen LogP contribution in [0.15, 0.2) is 29.8 Å². The van der Waals surface area contributed by atoms with E-state index in [0.717, 1.165) is 22.7 Å². The third-order valence-electron chi connectivity index (χ3n) is 2.46. The van der Waals surface area contributed by atoms with E-state index in [1.54, 1.807) is 11.6 Å². The molecule has 0 fully saturated rings. The maximum Gasteiger partial charge on any atom is 0.365 e. The molecule has 0 aliphatic heterocycles. The van der Waals surface area contributed by atoms with Crippen LogP contribution in [0, 0.1) is 0 Å². The summed E-state index contributed by atoms with van der Waals surface area (Å²) in [7, 11) is 0. The van der Waals surface area contributed by atoms with Crippen LogP contribution in [0.2, 0.25) is 0 Å². The lowest BCUT2D eigenvalue weighted by molar-refractivity contribution is 0.0696. The van der Waals surface area contributed by atoms with E-state index in [4.69, 9.17) is 5.11 Å². The fraction of sp³-hybridized carbons (Fsp3) is 0.250. The first kappa shape index (κ1) is 12.7. The summed E-state index contributed by atoms with van der Waals surface area (Å²) in [5.74, 6) is -0.982. The van der Waals surface area contributed by atoms with Crippen molar-refractivity contribution in [1.82, 2.24) is 15.3 Å². The van der Waals surface area contributed by atoms with Crippen molar-refractivity contribution in [3.8, 4) is 0 Å². The summed E-state index contributed by atoms with van der Waals surface area (Å²) < 4.78 is 0. The highest BCUT2D eigenvalue weighted by atomic mass is 32.1. The lowest BCUT2D eigenvalue weighted by Crippen LogP contribution is -2.19. The summed E-state index contributed by atoms with van der Waals surface area (Å²) in [6, 6.07) is 5.85. The molecule has 1 unspecified atom stereocenters. The van der Waals surface area contributed by atoms with Crippen molar-refractivity contribution in [2.45, 2.75) is 19.5 Å². The third-order valence-corrected chi connectivity index (χ3v) is 3.33. The molecule has 0 spiro atoms. The minimum atomic E-state index is -0.982. The molecule has 18 heavy (non-hydrogen) atoms. The molecule has 2 aromatic heterocycles. The van der Waals surface area contributed by atoms with E-state index in [1.807, 2.05) is 25.1 Å². The van der Waals surface area contributed by atoms with Gasteiger partial charge in [-0.2, -0.15) is 0 Å². The van der Waals surface area contributed by atoms with Crippen LogP contribution < -0.4 is 5.32 Å². The van der Waals surface area contributed by atoms with Crippen LogP contribution in [-0.4, -0.2) is 21.0 Å². The number of carboxylic acids is 1. The normalized spacial score (nSPS) is 12.3. The van der Waals surface area contributed by atoms with Crippen LogP contribution in [0.3, 0.4) is 0 Å². The molecule has 0 aliphatic rings. The molecule has 0 aliphatic carbocycles. The van der Waals surface area contributed by atoms with Crippen molar-refractivity contribution in [2.24, 2.45) is 0 Å². The van der Waals surface area contributed by atoms with Gasteiger partial charge in [-0.25, -0.2) is 9.78 Å². The number of pyridine rings is 1. The molecule has 0 aromatic carbocycles. The zero-order valence-electron chi connectivity index (χ0n) is 9.83. The van der Waals surface area contributed by atoms with Crippen LogP contribution in [0.4, 0.5) is 0 Å². The zero-order chi connectivity index (χ0) is 13.0. The number of aromatic carboxylic acids is 1. The summed E-state index contributed by atoms with van der Waals surface area (Å²) in [6.45, 7) is 2.54. The number of nitrogens with one attached hydrogen (secondary N) is 1. The van der Waals surface area contributed by atoms with Crippen molar-refractivity contribution >= 4 is 17.3 Å². The van der Waals surface area contributed by atoms with Gasteiger partial charge < -0.3 is 10.4 Å². The van der Waals surface area contributed by atoms with Crippen molar-refractivity contribution in [1.29, 1.82) is 0 Å². The van der Waals surface area contributed by atoms with Crippen LogP contribution in [0.25, 0.3) is 0 Å². The standard InChI is InChI=1S/C12H13N3O2S/c1-8(10-4-2-3-5-13-10)14-6-9-7-18-11(15-9)12(16)17/h2-5,7-8,14H,6H2,1H3,(H,16,17). The quantitative estimate of drug-likeness (QED) is 0.864. The number of thiazole rings is 1. The molecule has 94 valence electrons. The van der Waals surface area contributed by atoms with Gasteiger partial charge in [0.25, 0.3) is 0 Å². The van der Waals surface area contributed by atoms with Crippen molar-refractivity contribution < 1.29 is 9.90 Å². The van der Waals surface area contributed by atoms with Gasteiger partial charge in [0.1, 0.15) is 0 Å². The zero-order valence-corrected chi connectivity index (χ0v) is 10.6. The summed E-state index contributed by atoms with van der Waals surface area (Å²) in [5, 5.41) is 13.9. The van der Waals surface area contributed by atoms with E-state index in [9.17, 15) is 4.79 Å². The van der Waals surface area contributed by atoms with E-state index in [-0.39, 0.29) is 11.0 Å². The molecule has 2 rings (SSSR count). The maximum atomic E-state index is 10.7. The molecular weight excluding hydrogens is 250 g/mol. The Labute approximate surface area is 109 Å². The van der Waals surface area contributed by atoms with Gasteiger partial charge in [-0.1, -0.05) is 6.07 Å². The summed E-state index contributed by atoms with van der Waals surface area (Å²) in [6.07, 6.45) is 1.75. The van der Waals surface area contributed by atoms with Gasteiger partial charge in [-0.3, -0.25) is 4.98 Å². The second-order valence-electron chi connectivity index (χ2n) is 3.81. The predicted molar refractivity (Wildman–Crippen MR) is 68.6 cm³/mol. The van der Waals surface area contributed by atoms with E-state index in [2.05, 4.69) is 15.3 Å². The van der Waals surface area contributed by atoms with Crippen LogP contribution in [0.5, 0.6) is 0 Å². The molecule has 0 saturated heterocycles. The fourth-order valence-electron chi connectivity index (χ4n) is 1.48. The van der Waals surface area contributed by atoms with Crippen LogP contribution >= 0.6 is 11.3 Å². The number of nitrogens with zero attached hydrogens (tertiary/aromatic N) is 2. The average molecular weight is 263 g/mol. The van der Waals surface area contributed by atoms with Crippen molar-refractivity contribution in [3.63, 3.8) is 0 Å². The SMILES string of the molecule is CC(NCc1csc(C(=O)O)n1)c1ccccn1. The lowest BCUT2D eigenvalue weighted by atomic mass is 10.2. The van der Waals surface area contributed by atoms with Gasteiger partial charge in [-0.15, -0.1) is 11.3 Å². The Hall–Kier alpha value is -1.79. The number of hydrogen-bond donors (Lipinski definition) is 2. The Balaban J connectivity index is 1.93. The third kappa shape index (κ3) is 3.12. The highest BCUT2D eigenvalue weighted by Crippen LogP contribution is 2.12. The molecule has 0 bridgehead atoms. The van der Waals surface area contributed by atoms with Crippen molar-refractivity contribution in [2.75, 3.05) is 0 Å². The summed E-state index contributed by atoms with van der Waals surface area (Å²) >= 11 is 1.14. The Morgan fingerprint density at radius 3 is 3.00 bits per heavy atom. The molecule has 0 amide bonds. The Morgan fingerprint density at radius 1 is 1.56 bits per heavy atom. The maximum absolute atomic E-state index is 10.7. The lowest BCUT2D eigenvalue weighted by Gasteiger charge is -2.11. The van der Waals surface area contributed by atoms with Gasteiger partial charge >= 0.3 is 5.97 Å². The fourth-order valence-corrected chi connectivity index (χ4v) is 2.14. The number of aromatic nitrogens is 2. The first-order chi connectivity index (χ1) is 8.66. The van der Waals surface area contributed by atoms with Crippen LogP contribution in [-0.2, 0) is 6.54 Å². The molecule has 2 aromatic rings. The summed E-state index contributed by atoms with van der Waals surface area (Å²) in [4.78, 5) is 19.0. The van der Waals surface area contributed by atoms with E-state index in [0.29, 0.717) is 6.54 Å². The summed E-state index contributed by atoms with van der Waals surface area (Å²) in [5.41, 5.74) is 1.69. The molecule has 1 atom stereocenters. The first-order valence-corrected chi connectivity index (χ1v) is 6.37. The molecule has 2 heterocycles. The second-order valence-corrected chi connectivity index (χ2v) is 4.66. The van der Waals surface area contributed by atoms with Gasteiger partial charge in [-0.05, 0) is 19.1 Å².